The molecular weight excluding hydrogens is 252 g/mol. The van der Waals surface area contributed by atoms with Crippen LogP contribution in [0.2, 0.25) is 0 Å². The molecule has 5 rings (SSSR count). The molecule has 0 spiro atoms. The monoisotopic (exact) mass is 278 g/mol. The summed E-state index contributed by atoms with van der Waals surface area (Å²) >= 11 is 0. The lowest BCUT2D eigenvalue weighted by molar-refractivity contribution is -0.143. The van der Waals surface area contributed by atoms with Crippen LogP contribution in [0.5, 0.6) is 0 Å². The maximum absolute atomic E-state index is 11.3. The van der Waals surface area contributed by atoms with Crippen LogP contribution in [0.15, 0.2) is 0 Å². The van der Waals surface area contributed by atoms with Crippen LogP contribution in [0.1, 0.15) is 44.9 Å². The van der Waals surface area contributed by atoms with E-state index in [2.05, 4.69) is 4.90 Å². The largest absolute Gasteiger partial charge is 0.480 e. The lowest BCUT2D eigenvalue weighted by Crippen LogP contribution is -2.53. The summed E-state index contributed by atoms with van der Waals surface area (Å²) in [5, 5.41) is 9.27. The molecule has 1 saturated heterocycles. The minimum Gasteiger partial charge on any atom is -0.480 e. The molecule has 0 aromatic rings. The Morgan fingerprint density at radius 1 is 1.15 bits per heavy atom. The zero-order chi connectivity index (χ0) is 14.0. The molecular formula is C16H26N2O2. The SMILES string of the molecule is NC1(C(=O)O)CCN(CC23CC4CC(CC(C4)C2)C3)C1. The quantitative estimate of drug-likeness (QED) is 0.824. The fourth-order valence-corrected chi connectivity index (χ4v) is 6.18. The van der Waals surface area contributed by atoms with E-state index in [1.165, 1.54) is 38.5 Å². The number of likely N-dealkylation sites (tertiary alicyclic amines) is 1. The summed E-state index contributed by atoms with van der Waals surface area (Å²) in [6, 6.07) is 0. The van der Waals surface area contributed by atoms with Gasteiger partial charge in [-0.3, -0.25) is 4.79 Å². The molecule has 4 nitrogen and oxygen atoms in total. The third kappa shape index (κ3) is 2.00. The van der Waals surface area contributed by atoms with Crippen LogP contribution in [0.25, 0.3) is 0 Å². The van der Waals surface area contributed by atoms with Gasteiger partial charge in [0.25, 0.3) is 0 Å². The Bertz CT molecular complexity index is 401. The van der Waals surface area contributed by atoms with Gasteiger partial charge in [-0.15, -0.1) is 0 Å². The number of nitrogens with two attached hydrogens (primary N) is 1. The molecule has 4 heteroatoms. The van der Waals surface area contributed by atoms with Gasteiger partial charge >= 0.3 is 5.97 Å². The molecule has 4 saturated carbocycles. The van der Waals surface area contributed by atoms with Gasteiger partial charge < -0.3 is 15.7 Å². The molecule has 1 atom stereocenters. The van der Waals surface area contributed by atoms with E-state index >= 15 is 0 Å². The number of carbonyl (C=O) groups is 1. The maximum Gasteiger partial charge on any atom is 0.325 e. The summed E-state index contributed by atoms with van der Waals surface area (Å²) in [4.78, 5) is 13.6. The number of carboxylic acid groups (broad SMARTS) is 1. The second-order valence-corrected chi connectivity index (χ2v) is 8.34. The van der Waals surface area contributed by atoms with Crippen LogP contribution in [-0.2, 0) is 4.79 Å². The van der Waals surface area contributed by atoms with Crippen molar-refractivity contribution in [1.29, 1.82) is 0 Å². The van der Waals surface area contributed by atoms with Crippen molar-refractivity contribution < 1.29 is 9.90 Å². The first-order valence-electron chi connectivity index (χ1n) is 8.21. The average Bonchev–Trinajstić information content (AvgIpc) is 2.69. The standard InChI is InChI=1S/C16H26N2O2/c17-16(14(19)20)1-2-18(10-16)9-15-6-11-3-12(7-15)5-13(4-11)8-15/h11-13H,1-10,17H2,(H,19,20). The molecule has 112 valence electrons. The summed E-state index contributed by atoms with van der Waals surface area (Å²) < 4.78 is 0. The Balaban J connectivity index is 1.46. The molecule has 1 aliphatic heterocycles. The van der Waals surface area contributed by atoms with Crippen LogP contribution < -0.4 is 5.73 Å². The number of rotatable bonds is 3. The van der Waals surface area contributed by atoms with Gasteiger partial charge in [0.15, 0.2) is 0 Å². The third-order valence-corrected chi connectivity index (χ3v) is 6.53. The topological polar surface area (TPSA) is 66.6 Å². The molecule has 5 fully saturated rings. The second-order valence-electron chi connectivity index (χ2n) is 8.34. The summed E-state index contributed by atoms with van der Waals surface area (Å²) in [6.07, 6.45) is 9.18. The minimum absolute atomic E-state index is 0.499. The summed E-state index contributed by atoms with van der Waals surface area (Å²) in [5.41, 5.74) is 5.52. The molecule has 20 heavy (non-hydrogen) atoms. The van der Waals surface area contributed by atoms with E-state index in [-0.39, 0.29) is 0 Å². The van der Waals surface area contributed by atoms with Gasteiger partial charge in [0.2, 0.25) is 0 Å². The van der Waals surface area contributed by atoms with Gasteiger partial charge in [-0.05, 0) is 68.1 Å². The Hall–Kier alpha value is -0.610. The van der Waals surface area contributed by atoms with Crippen LogP contribution in [0.4, 0.5) is 0 Å². The highest BCUT2D eigenvalue weighted by Crippen LogP contribution is 2.60. The van der Waals surface area contributed by atoms with Crippen LogP contribution in [0.3, 0.4) is 0 Å². The Morgan fingerprint density at radius 2 is 1.70 bits per heavy atom. The van der Waals surface area contributed by atoms with Crippen molar-refractivity contribution in [2.45, 2.75) is 50.5 Å². The van der Waals surface area contributed by atoms with Gasteiger partial charge in [0, 0.05) is 19.6 Å². The van der Waals surface area contributed by atoms with E-state index in [9.17, 15) is 9.90 Å². The molecule has 4 bridgehead atoms. The van der Waals surface area contributed by atoms with Crippen molar-refractivity contribution in [1.82, 2.24) is 4.90 Å². The summed E-state index contributed by atoms with van der Waals surface area (Å²) in [5.74, 6) is 2.06. The fraction of sp³-hybridized carbons (Fsp3) is 0.938. The summed E-state index contributed by atoms with van der Waals surface area (Å²) in [6.45, 7) is 2.51. The Kier molecular flexibility index (Phi) is 2.75. The maximum atomic E-state index is 11.3. The molecule has 0 amide bonds. The van der Waals surface area contributed by atoms with Crippen LogP contribution in [0, 0.1) is 23.2 Å². The molecule has 0 aromatic heterocycles. The molecule has 5 aliphatic rings. The van der Waals surface area contributed by atoms with Crippen molar-refractivity contribution >= 4 is 5.97 Å². The number of hydrogen-bond donors (Lipinski definition) is 2. The minimum atomic E-state index is -0.998. The first-order valence-corrected chi connectivity index (χ1v) is 8.21. The van der Waals surface area contributed by atoms with Crippen LogP contribution in [-0.4, -0.2) is 41.1 Å². The van der Waals surface area contributed by atoms with Crippen molar-refractivity contribution in [2.24, 2.45) is 28.9 Å². The zero-order valence-corrected chi connectivity index (χ0v) is 12.2. The highest BCUT2D eigenvalue weighted by Gasteiger charge is 2.52. The van der Waals surface area contributed by atoms with E-state index in [1.807, 2.05) is 0 Å². The average molecular weight is 278 g/mol. The second kappa shape index (κ2) is 4.20. The van der Waals surface area contributed by atoms with Crippen molar-refractivity contribution in [3.63, 3.8) is 0 Å². The predicted octanol–water partition coefficient (Wildman–Crippen LogP) is 1.69. The van der Waals surface area contributed by atoms with Crippen molar-refractivity contribution in [3.8, 4) is 0 Å². The van der Waals surface area contributed by atoms with Crippen LogP contribution >= 0.6 is 0 Å². The molecule has 0 radical (unpaired) electrons. The Labute approximate surface area is 120 Å². The van der Waals surface area contributed by atoms with E-state index in [0.717, 1.165) is 30.8 Å². The first-order chi connectivity index (χ1) is 9.46. The molecule has 4 aliphatic carbocycles. The van der Waals surface area contributed by atoms with Gasteiger partial charge in [-0.2, -0.15) is 0 Å². The predicted molar refractivity (Wildman–Crippen MR) is 76.2 cm³/mol. The van der Waals surface area contributed by atoms with Crippen molar-refractivity contribution in [2.75, 3.05) is 19.6 Å². The van der Waals surface area contributed by atoms with Gasteiger partial charge in [0.05, 0.1) is 0 Å². The molecule has 0 aromatic carbocycles. The zero-order valence-electron chi connectivity index (χ0n) is 12.2. The smallest absolute Gasteiger partial charge is 0.325 e. The number of nitrogens with zero attached hydrogens (tertiary/aromatic N) is 1. The lowest BCUT2D eigenvalue weighted by atomic mass is 9.49. The van der Waals surface area contributed by atoms with Gasteiger partial charge in [0.1, 0.15) is 5.54 Å². The first kappa shape index (κ1) is 13.1. The van der Waals surface area contributed by atoms with E-state index in [0.29, 0.717) is 18.4 Å². The number of aliphatic carboxylic acids is 1. The third-order valence-electron chi connectivity index (χ3n) is 6.53. The molecule has 1 unspecified atom stereocenters. The van der Waals surface area contributed by atoms with Crippen molar-refractivity contribution in [3.05, 3.63) is 0 Å². The Morgan fingerprint density at radius 3 is 2.15 bits per heavy atom. The summed E-state index contributed by atoms with van der Waals surface area (Å²) in [7, 11) is 0. The highest BCUT2D eigenvalue weighted by molar-refractivity contribution is 5.79. The van der Waals surface area contributed by atoms with E-state index in [1.54, 1.807) is 0 Å². The normalized spacial score (nSPS) is 50.8. The number of hydrogen-bond acceptors (Lipinski definition) is 3. The van der Waals surface area contributed by atoms with Gasteiger partial charge in [-0.25, -0.2) is 0 Å². The fourth-order valence-electron chi connectivity index (χ4n) is 6.18. The molecule has 3 N–H and O–H groups in total. The van der Waals surface area contributed by atoms with E-state index in [4.69, 9.17) is 5.73 Å². The highest BCUT2D eigenvalue weighted by atomic mass is 16.4. The molecule has 1 heterocycles. The van der Waals surface area contributed by atoms with E-state index < -0.39 is 11.5 Å². The van der Waals surface area contributed by atoms with Gasteiger partial charge in [-0.1, -0.05) is 0 Å². The lowest BCUT2D eigenvalue weighted by Gasteiger charge is -2.57. The number of carboxylic acids is 1.